The number of methoxy groups -OCH3 is 2. The average Bonchev–Trinajstić information content (AvgIpc) is 3.01. The van der Waals surface area contributed by atoms with E-state index in [1.54, 1.807) is 0 Å². The molecule has 6 nitrogen and oxygen atoms in total. The van der Waals surface area contributed by atoms with Gasteiger partial charge in [0.2, 0.25) is 0 Å². The summed E-state index contributed by atoms with van der Waals surface area (Å²) in [6, 6.07) is 0. The summed E-state index contributed by atoms with van der Waals surface area (Å²) < 4.78 is 15.6. The molecule has 1 saturated carbocycles. The molecule has 0 radical (unpaired) electrons. The Hall–Kier alpha value is -1.69. The Balaban J connectivity index is 2.21. The van der Waals surface area contributed by atoms with Gasteiger partial charge in [0.05, 0.1) is 25.4 Å². The summed E-state index contributed by atoms with van der Waals surface area (Å²) in [4.78, 5) is 36.6. The Bertz CT molecular complexity index is 548. The molecule has 1 spiro atoms. The highest BCUT2D eigenvalue weighted by Crippen LogP contribution is 2.54. The maximum absolute atomic E-state index is 12.3. The third-order valence-electron chi connectivity index (χ3n) is 4.87. The molecule has 3 atom stereocenters. The zero-order valence-electron chi connectivity index (χ0n) is 12.1. The number of rotatable bonds is 2. The molecule has 0 N–H and O–H groups in total. The van der Waals surface area contributed by atoms with E-state index < -0.39 is 23.6 Å². The van der Waals surface area contributed by atoms with Crippen LogP contribution < -0.4 is 0 Å². The molecule has 114 valence electrons. The second-order valence-electron chi connectivity index (χ2n) is 5.75. The zero-order chi connectivity index (χ0) is 15.2. The summed E-state index contributed by atoms with van der Waals surface area (Å²) in [6.07, 6.45) is 2.48. The predicted octanol–water partition coefficient (Wildman–Crippen LogP) is 0.930. The Kier molecular flexibility index (Phi) is 3.36. The number of hydrogen-bond donors (Lipinski definition) is 0. The molecule has 2 fully saturated rings. The molecule has 3 aliphatic rings. The monoisotopic (exact) mass is 294 g/mol. The van der Waals surface area contributed by atoms with Gasteiger partial charge in [-0.15, -0.1) is 0 Å². The number of carbonyl (C=O) groups excluding carboxylic acids is 3. The second kappa shape index (κ2) is 4.94. The van der Waals surface area contributed by atoms with Crippen LogP contribution in [0.5, 0.6) is 0 Å². The molecule has 2 heterocycles. The lowest BCUT2D eigenvalue weighted by atomic mass is 9.78. The summed E-state index contributed by atoms with van der Waals surface area (Å²) in [6.45, 7) is 0. The molecule has 2 bridgehead atoms. The largest absolute Gasteiger partial charge is 0.466 e. The number of fused-ring (bicyclic) bond motifs is 1. The lowest BCUT2D eigenvalue weighted by Crippen LogP contribution is -2.39. The zero-order valence-corrected chi connectivity index (χ0v) is 12.1. The molecule has 3 rings (SSSR count). The molecule has 0 amide bonds. The van der Waals surface area contributed by atoms with Crippen LogP contribution in [0, 0.1) is 5.92 Å². The van der Waals surface area contributed by atoms with E-state index in [4.69, 9.17) is 14.2 Å². The Morgan fingerprint density at radius 2 is 1.90 bits per heavy atom. The van der Waals surface area contributed by atoms with Crippen molar-refractivity contribution in [2.24, 2.45) is 5.92 Å². The molecule has 1 saturated heterocycles. The Morgan fingerprint density at radius 3 is 2.57 bits per heavy atom. The van der Waals surface area contributed by atoms with Crippen LogP contribution in [0.4, 0.5) is 0 Å². The van der Waals surface area contributed by atoms with Gasteiger partial charge < -0.3 is 14.2 Å². The van der Waals surface area contributed by atoms with E-state index >= 15 is 0 Å². The summed E-state index contributed by atoms with van der Waals surface area (Å²) >= 11 is 0. The lowest BCUT2D eigenvalue weighted by molar-refractivity contribution is -0.143. The average molecular weight is 294 g/mol. The van der Waals surface area contributed by atoms with E-state index in [-0.39, 0.29) is 22.8 Å². The van der Waals surface area contributed by atoms with Crippen LogP contribution in [-0.2, 0) is 28.6 Å². The van der Waals surface area contributed by atoms with E-state index in [1.165, 1.54) is 14.2 Å². The van der Waals surface area contributed by atoms with Crippen molar-refractivity contribution in [1.29, 1.82) is 0 Å². The van der Waals surface area contributed by atoms with Gasteiger partial charge in [0.1, 0.15) is 11.7 Å². The van der Waals surface area contributed by atoms with Gasteiger partial charge >= 0.3 is 11.9 Å². The first-order valence-electron chi connectivity index (χ1n) is 7.17. The van der Waals surface area contributed by atoms with E-state index in [0.29, 0.717) is 19.3 Å². The fourth-order valence-corrected chi connectivity index (χ4v) is 3.98. The van der Waals surface area contributed by atoms with Gasteiger partial charge in [-0.05, 0) is 31.6 Å². The van der Waals surface area contributed by atoms with E-state index in [2.05, 4.69) is 0 Å². The van der Waals surface area contributed by atoms with Crippen molar-refractivity contribution in [1.82, 2.24) is 0 Å². The molecule has 0 aromatic heterocycles. The number of carbonyl (C=O) groups is 3. The van der Waals surface area contributed by atoms with Crippen molar-refractivity contribution in [3.05, 3.63) is 11.1 Å². The van der Waals surface area contributed by atoms with Gasteiger partial charge in [0.15, 0.2) is 5.78 Å². The number of hydrogen-bond acceptors (Lipinski definition) is 6. The normalized spacial score (nSPS) is 34.5. The third kappa shape index (κ3) is 1.85. The predicted molar refractivity (Wildman–Crippen MR) is 70.2 cm³/mol. The van der Waals surface area contributed by atoms with Crippen molar-refractivity contribution in [3.63, 3.8) is 0 Å². The van der Waals surface area contributed by atoms with Crippen molar-refractivity contribution in [2.45, 2.75) is 43.8 Å². The molecular formula is C15H18O6. The number of Topliss-reactive ketones (excluding diaryl/α,β-unsaturated/α-hetero) is 1. The smallest absolute Gasteiger partial charge is 0.337 e. The second-order valence-corrected chi connectivity index (χ2v) is 5.75. The first-order valence-corrected chi connectivity index (χ1v) is 7.17. The van der Waals surface area contributed by atoms with Crippen LogP contribution in [-0.4, -0.2) is 43.6 Å². The Morgan fingerprint density at radius 1 is 1.19 bits per heavy atom. The van der Waals surface area contributed by atoms with Crippen LogP contribution in [0.15, 0.2) is 11.1 Å². The summed E-state index contributed by atoms with van der Waals surface area (Å²) in [5.41, 5.74) is -0.605. The van der Waals surface area contributed by atoms with Crippen molar-refractivity contribution in [2.75, 3.05) is 14.2 Å². The fourth-order valence-electron chi connectivity index (χ4n) is 3.98. The van der Waals surface area contributed by atoms with Crippen molar-refractivity contribution < 1.29 is 28.6 Å². The van der Waals surface area contributed by atoms with Crippen LogP contribution in [0.25, 0.3) is 0 Å². The molecule has 2 aliphatic heterocycles. The highest BCUT2D eigenvalue weighted by Gasteiger charge is 2.61. The standard InChI is InChI=1S/C15H18O6/c1-19-13(17)10-11(14(18)20-2)15-7-3-4-8(15)5-6-9(16)12(10)21-15/h8,12H,3-7H2,1-2H3. The molecular weight excluding hydrogens is 276 g/mol. The van der Waals surface area contributed by atoms with Crippen molar-refractivity contribution >= 4 is 17.7 Å². The third-order valence-corrected chi connectivity index (χ3v) is 4.87. The number of ether oxygens (including phenoxy) is 3. The van der Waals surface area contributed by atoms with E-state index in [1.807, 2.05) is 0 Å². The minimum Gasteiger partial charge on any atom is -0.466 e. The van der Waals surface area contributed by atoms with Crippen LogP contribution in [0.2, 0.25) is 0 Å². The Labute approximate surface area is 122 Å². The first-order chi connectivity index (χ1) is 10.0. The molecule has 21 heavy (non-hydrogen) atoms. The molecule has 6 heteroatoms. The SMILES string of the molecule is COC(=O)C1=C(C(=O)OC)C23CCCC2CCC(=O)C1O3. The number of esters is 2. The highest BCUT2D eigenvalue weighted by atomic mass is 16.6. The van der Waals surface area contributed by atoms with Gasteiger partial charge in [-0.25, -0.2) is 9.59 Å². The molecule has 0 aromatic rings. The highest BCUT2D eigenvalue weighted by molar-refractivity contribution is 6.09. The summed E-state index contributed by atoms with van der Waals surface area (Å²) in [7, 11) is 2.50. The maximum Gasteiger partial charge on any atom is 0.337 e. The summed E-state index contributed by atoms with van der Waals surface area (Å²) in [5, 5.41) is 0. The van der Waals surface area contributed by atoms with Crippen molar-refractivity contribution in [3.8, 4) is 0 Å². The van der Waals surface area contributed by atoms with Gasteiger partial charge in [-0.2, -0.15) is 0 Å². The first kappa shape index (κ1) is 14.3. The van der Waals surface area contributed by atoms with Gasteiger partial charge in [-0.3, -0.25) is 4.79 Å². The topological polar surface area (TPSA) is 78.9 Å². The van der Waals surface area contributed by atoms with Gasteiger partial charge in [-0.1, -0.05) is 0 Å². The molecule has 1 aliphatic carbocycles. The minimum absolute atomic E-state index is 0.0425. The lowest BCUT2D eigenvalue weighted by Gasteiger charge is -2.31. The van der Waals surface area contributed by atoms with E-state index in [9.17, 15) is 14.4 Å². The number of ketones is 1. The molecule has 3 unspecified atom stereocenters. The quantitative estimate of drug-likeness (QED) is 0.705. The van der Waals surface area contributed by atoms with Gasteiger partial charge in [0, 0.05) is 6.42 Å². The van der Waals surface area contributed by atoms with Crippen LogP contribution in [0.1, 0.15) is 32.1 Å². The maximum atomic E-state index is 12.3. The van der Waals surface area contributed by atoms with Gasteiger partial charge in [0.25, 0.3) is 0 Å². The van der Waals surface area contributed by atoms with E-state index in [0.717, 1.165) is 12.8 Å². The summed E-state index contributed by atoms with van der Waals surface area (Å²) in [5.74, 6) is -1.37. The minimum atomic E-state index is -0.991. The van der Waals surface area contributed by atoms with Crippen LogP contribution in [0.3, 0.4) is 0 Å². The fraction of sp³-hybridized carbons (Fsp3) is 0.667. The molecule has 0 aromatic carbocycles. The van der Waals surface area contributed by atoms with Crippen LogP contribution >= 0.6 is 0 Å².